The number of hydrogen-bond acceptors (Lipinski definition) is 2. The molecule has 19 heavy (non-hydrogen) atoms. The van der Waals surface area contributed by atoms with Crippen LogP contribution >= 0.6 is 0 Å². The van der Waals surface area contributed by atoms with E-state index in [1.807, 2.05) is 6.20 Å². The van der Waals surface area contributed by atoms with Gasteiger partial charge in [0.2, 0.25) is 0 Å². The Morgan fingerprint density at radius 2 is 1.95 bits per heavy atom. The van der Waals surface area contributed by atoms with Crippen LogP contribution in [0.4, 0.5) is 0 Å². The summed E-state index contributed by atoms with van der Waals surface area (Å²) >= 11 is 0. The lowest BCUT2D eigenvalue weighted by atomic mass is 10.0. The number of imidazole rings is 1. The van der Waals surface area contributed by atoms with E-state index >= 15 is 0 Å². The van der Waals surface area contributed by atoms with E-state index < -0.39 is 0 Å². The zero-order valence-corrected chi connectivity index (χ0v) is 12.0. The van der Waals surface area contributed by atoms with Gasteiger partial charge >= 0.3 is 0 Å². The highest BCUT2D eigenvalue weighted by Gasteiger charge is 2.10. The molecule has 0 fully saturated rings. The smallest absolute Gasteiger partial charge is 0.123 e. The predicted molar refractivity (Wildman–Crippen MR) is 79.0 cm³/mol. The second kappa shape index (κ2) is 6.53. The van der Waals surface area contributed by atoms with Gasteiger partial charge in [0, 0.05) is 18.9 Å². The summed E-state index contributed by atoms with van der Waals surface area (Å²) in [7, 11) is 0. The van der Waals surface area contributed by atoms with Crippen molar-refractivity contribution in [2.24, 2.45) is 0 Å². The van der Waals surface area contributed by atoms with E-state index in [4.69, 9.17) is 0 Å². The van der Waals surface area contributed by atoms with Crippen LogP contribution in [0.25, 0.3) is 0 Å². The molecule has 1 aromatic heterocycles. The standard InChI is InChI=1S/C16H23N3/c1-4-15(16-17-9-10-18-16)19-11-13-5-7-14(8-6-13)12(2)3/h5-10,12,15,19H,4,11H2,1-3H3,(H,17,18). The molecule has 0 radical (unpaired) electrons. The Balaban J connectivity index is 1.94. The number of nitrogens with zero attached hydrogens (tertiary/aromatic N) is 1. The zero-order valence-electron chi connectivity index (χ0n) is 12.0. The molecule has 3 nitrogen and oxygen atoms in total. The van der Waals surface area contributed by atoms with Crippen LogP contribution in [0.3, 0.4) is 0 Å². The minimum atomic E-state index is 0.291. The minimum absolute atomic E-state index is 0.291. The second-order valence-electron chi connectivity index (χ2n) is 5.21. The minimum Gasteiger partial charge on any atom is -0.347 e. The van der Waals surface area contributed by atoms with Gasteiger partial charge in [-0.2, -0.15) is 0 Å². The fourth-order valence-corrected chi connectivity index (χ4v) is 2.16. The van der Waals surface area contributed by atoms with Crippen molar-refractivity contribution in [3.05, 3.63) is 53.6 Å². The number of hydrogen-bond donors (Lipinski definition) is 2. The van der Waals surface area contributed by atoms with Crippen molar-refractivity contribution in [1.29, 1.82) is 0 Å². The van der Waals surface area contributed by atoms with Crippen molar-refractivity contribution in [2.45, 2.75) is 45.7 Å². The van der Waals surface area contributed by atoms with Gasteiger partial charge in [-0.05, 0) is 23.5 Å². The van der Waals surface area contributed by atoms with Gasteiger partial charge < -0.3 is 10.3 Å². The van der Waals surface area contributed by atoms with Crippen molar-refractivity contribution in [3.63, 3.8) is 0 Å². The Bertz CT molecular complexity index is 471. The highest BCUT2D eigenvalue weighted by Crippen LogP contribution is 2.16. The highest BCUT2D eigenvalue weighted by molar-refractivity contribution is 5.24. The molecule has 0 bridgehead atoms. The molecule has 1 aromatic carbocycles. The van der Waals surface area contributed by atoms with Crippen LogP contribution in [-0.2, 0) is 6.54 Å². The Labute approximate surface area is 115 Å². The highest BCUT2D eigenvalue weighted by atomic mass is 15.0. The predicted octanol–water partition coefficient (Wildman–Crippen LogP) is 3.77. The molecule has 1 heterocycles. The summed E-state index contributed by atoms with van der Waals surface area (Å²) in [6.45, 7) is 7.48. The molecule has 2 aromatic rings. The number of benzene rings is 1. The maximum atomic E-state index is 4.32. The van der Waals surface area contributed by atoms with Crippen LogP contribution in [-0.4, -0.2) is 9.97 Å². The van der Waals surface area contributed by atoms with Crippen LogP contribution in [0, 0.1) is 0 Å². The van der Waals surface area contributed by atoms with Gasteiger partial charge in [0.1, 0.15) is 5.82 Å². The van der Waals surface area contributed by atoms with E-state index in [1.165, 1.54) is 11.1 Å². The molecule has 2 N–H and O–H groups in total. The maximum Gasteiger partial charge on any atom is 0.123 e. The van der Waals surface area contributed by atoms with E-state index in [2.05, 4.69) is 60.3 Å². The third-order valence-corrected chi connectivity index (χ3v) is 3.46. The first-order chi connectivity index (χ1) is 9.20. The maximum absolute atomic E-state index is 4.32. The van der Waals surface area contributed by atoms with Crippen molar-refractivity contribution >= 4 is 0 Å². The topological polar surface area (TPSA) is 40.7 Å². The summed E-state index contributed by atoms with van der Waals surface area (Å²) in [6, 6.07) is 9.14. The zero-order chi connectivity index (χ0) is 13.7. The molecule has 3 heteroatoms. The third-order valence-electron chi connectivity index (χ3n) is 3.46. The van der Waals surface area contributed by atoms with Gasteiger partial charge in [-0.15, -0.1) is 0 Å². The fourth-order valence-electron chi connectivity index (χ4n) is 2.16. The molecular weight excluding hydrogens is 234 g/mol. The SMILES string of the molecule is CCC(NCc1ccc(C(C)C)cc1)c1ncc[nH]1. The molecule has 1 unspecified atom stereocenters. The van der Waals surface area contributed by atoms with Gasteiger partial charge in [-0.1, -0.05) is 45.0 Å². The van der Waals surface area contributed by atoms with Crippen molar-refractivity contribution in [3.8, 4) is 0 Å². The number of aromatic nitrogens is 2. The lowest BCUT2D eigenvalue weighted by Crippen LogP contribution is -2.21. The summed E-state index contributed by atoms with van der Waals surface area (Å²) in [5.74, 6) is 1.61. The van der Waals surface area contributed by atoms with E-state index in [9.17, 15) is 0 Å². The first-order valence-corrected chi connectivity index (χ1v) is 7.02. The molecule has 0 spiro atoms. The van der Waals surface area contributed by atoms with Crippen molar-refractivity contribution < 1.29 is 0 Å². The molecule has 0 saturated heterocycles. The van der Waals surface area contributed by atoms with Gasteiger partial charge in [-0.25, -0.2) is 4.98 Å². The van der Waals surface area contributed by atoms with Gasteiger partial charge in [0.15, 0.2) is 0 Å². The molecule has 2 rings (SSSR count). The van der Waals surface area contributed by atoms with Crippen LogP contribution in [0.5, 0.6) is 0 Å². The number of aromatic amines is 1. The average molecular weight is 257 g/mol. The van der Waals surface area contributed by atoms with Crippen LogP contribution in [0.15, 0.2) is 36.7 Å². The molecule has 0 saturated carbocycles. The molecule has 102 valence electrons. The monoisotopic (exact) mass is 257 g/mol. The van der Waals surface area contributed by atoms with Gasteiger partial charge in [0.25, 0.3) is 0 Å². The lowest BCUT2D eigenvalue weighted by Gasteiger charge is -2.15. The van der Waals surface area contributed by atoms with Crippen molar-refractivity contribution in [2.75, 3.05) is 0 Å². The van der Waals surface area contributed by atoms with E-state index in [0.29, 0.717) is 12.0 Å². The first kappa shape index (κ1) is 13.8. The Hall–Kier alpha value is -1.61. The van der Waals surface area contributed by atoms with E-state index in [-0.39, 0.29) is 0 Å². The lowest BCUT2D eigenvalue weighted by molar-refractivity contribution is 0.498. The summed E-state index contributed by atoms with van der Waals surface area (Å²) in [5.41, 5.74) is 2.70. The Kier molecular flexibility index (Phi) is 4.74. The summed E-state index contributed by atoms with van der Waals surface area (Å²) < 4.78 is 0. The van der Waals surface area contributed by atoms with Crippen LogP contribution in [0.2, 0.25) is 0 Å². The number of rotatable bonds is 6. The molecule has 1 atom stereocenters. The molecule has 0 aliphatic rings. The molecule has 0 aliphatic carbocycles. The summed E-state index contributed by atoms with van der Waals surface area (Å²) in [5, 5.41) is 3.54. The second-order valence-corrected chi connectivity index (χ2v) is 5.21. The van der Waals surface area contributed by atoms with Gasteiger partial charge in [0.05, 0.1) is 6.04 Å². The number of H-pyrrole nitrogens is 1. The molecule has 0 amide bonds. The summed E-state index contributed by atoms with van der Waals surface area (Å²) in [4.78, 5) is 7.49. The Morgan fingerprint density at radius 3 is 2.47 bits per heavy atom. The largest absolute Gasteiger partial charge is 0.347 e. The van der Waals surface area contributed by atoms with E-state index in [0.717, 1.165) is 18.8 Å². The molecule has 0 aliphatic heterocycles. The number of nitrogens with one attached hydrogen (secondary N) is 2. The average Bonchev–Trinajstić information content (AvgIpc) is 2.94. The van der Waals surface area contributed by atoms with Gasteiger partial charge in [-0.3, -0.25) is 0 Å². The first-order valence-electron chi connectivity index (χ1n) is 7.02. The van der Waals surface area contributed by atoms with Crippen LogP contribution < -0.4 is 5.32 Å². The molecular formula is C16H23N3. The quantitative estimate of drug-likeness (QED) is 0.827. The summed E-state index contributed by atoms with van der Waals surface area (Å²) in [6.07, 6.45) is 4.70. The Morgan fingerprint density at radius 1 is 1.21 bits per heavy atom. The normalized spacial score (nSPS) is 12.8. The third kappa shape index (κ3) is 3.67. The van der Waals surface area contributed by atoms with E-state index in [1.54, 1.807) is 6.20 Å². The van der Waals surface area contributed by atoms with Crippen molar-refractivity contribution in [1.82, 2.24) is 15.3 Å². The fraction of sp³-hybridized carbons (Fsp3) is 0.438. The van der Waals surface area contributed by atoms with Crippen LogP contribution in [0.1, 0.15) is 56.1 Å².